The van der Waals surface area contributed by atoms with Crippen LogP contribution in [0.25, 0.3) is 21.5 Å². The minimum atomic E-state index is -1.05. The Morgan fingerprint density at radius 1 is 0.536 bits per heavy atom. The minimum Gasteiger partial charge on any atom is -0.491 e. The van der Waals surface area contributed by atoms with E-state index in [-0.39, 0.29) is 13.2 Å². The lowest BCUT2D eigenvalue weighted by atomic mass is 10.1. The fourth-order valence-corrected chi connectivity index (χ4v) is 3.10. The molecule has 4 rings (SSSR count). The number of hydrogen-bond donors (Lipinski definition) is 2. The predicted molar refractivity (Wildman–Crippen MR) is 111 cm³/mol. The van der Waals surface area contributed by atoms with E-state index in [1.807, 2.05) is 84.9 Å². The van der Waals surface area contributed by atoms with Gasteiger partial charge in [0.15, 0.2) is 0 Å². The van der Waals surface area contributed by atoms with Gasteiger partial charge in [0.25, 0.3) is 0 Å². The third-order valence-corrected chi connectivity index (χ3v) is 4.73. The number of fused-ring (bicyclic) bond motifs is 2. The summed E-state index contributed by atoms with van der Waals surface area (Å²) in [5.41, 5.74) is 0. The Bertz CT molecular complexity index is 989. The van der Waals surface area contributed by atoms with Crippen molar-refractivity contribution < 1.29 is 19.7 Å². The Morgan fingerprint density at radius 3 is 1.36 bits per heavy atom. The quantitative estimate of drug-likeness (QED) is 0.510. The van der Waals surface area contributed by atoms with Crippen LogP contribution in [0.2, 0.25) is 0 Å². The summed E-state index contributed by atoms with van der Waals surface area (Å²) in [7, 11) is 0. The first kappa shape index (κ1) is 18.3. The molecule has 0 saturated heterocycles. The van der Waals surface area contributed by atoms with Gasteiger partial charge in [0.1, 0.15) is 36.9 Å². The molecular formula is C24H22O4. The second kappa shape index (κ2) is 8.30. The fourth-order valence-electron chi connectivity index (χ4n) is 3.10. The molecule has 4 heteroatoms. The number of hydrogen-bond acceptors (Lipinski definition) is 4. The monoisotopic (exact) mass is 374 g/mol. The zero-order valence-corrected chi connectivity index (χ0v) is 15.4. The molecule has 2 N–H and O–H groups in total. The Balaban J connectivity index is 1.31. The number of rotatable bonds is 7. The van der Waals surface area contributed by atoms with Crippen LogP contribution in [0.5, 0.6) is 11.5 Å². The molecule has 4 nitrogen and oxygen atoms in total. The normalized spacial score (nSPS) is 13.4. The van der Waals surface area contributed by atoms with Gasteiger partial charge in [0.05, 0.1) is 0 Å². The molecule has 2 atom stereocenters. The first-order chi connectivity index (χ1) is 13.7. The third-order valence-electron chi connectivity index (χ3n) is 4.73. The summed E-state index contributed by atoms with van der Waals surface area (Å²) < 4.78 is 11.3. The van der Waals surface area contributed by atoms with Gasteiger partial charge >= 0.3 is 0 Å². The molecule has 0 amide bonds. The standard InChI is InChI=1S/C24H22O4/c25-23(15-27-21-11-9-17-5-1-3-7-19(17)13-21)24(26)16-28-22-12-10-18-6-2-4-8-20(18)14-22/h1-14,23-26H,15-16H2/t23-,24-/m0/s1. The van der Waals surface area contributed by atoms with Crippen molar-refractivity contribution in [2.75, 3.05) is 13.2 Å². The van der Waals surface area contributed by atoms with Crippen LogP contribution in [0.4, 0.5) is 0 Å². The molecule has 0 radical (unpaired) electrons. The summed E-state index contributed by atoms with van der Waals surface area (Å²) >= 11 is 0. The summed E-state index contributed by atoms with van der Waals surface area (Å²) in [5.74, 6) is 1.31. The molecule has 0 unspecified atom stereocenters. The van der Waals surface area contributed by atoms with Crippen molar-refractivity contribution >= 4 is 21.5 Å². The molecule has 142 valence electrons. The van der Waals surface area contributed by atoms with Crippen LogP contribution in [0, 0.1) is 0 Å². The topological polar surface area (TPSA) is 58.9 Å². The summed E-state index contributed by atoms with van der Waals surface area (Å²) in [6.45, 7) is -0.0266. The van der Waals surface area contributed by atoms with Crippen molar-refractivity contribution in [1.29, 1.82) is 0 Å². The molecule has 0 aliphatic carbocycles. The van der Waals surface area contributed by atoms with Gasteiger partial charge < -0.3 is 19.7 Å². The highest BCUT2D eigenvalue weighted by Gasteiger charge is 2.18. The maximum absolute atomic E-state index is 10.2. The van der Waals surface area contributed by atoms with E-state index in [9.17, 15) is 10.2 Å². The Morgan fingerprint density at radius 2 is 0.929 bits per heavy atom. The second-order valence-electron chi connectivity index (χ2n) is 6.77. The molecule has 0 aliphatic heterocycles. The van der Waals surface area contributed by atoms with Gasteiger partial charge in [-0.1, -0.05) is 60.7 Å². The van der Waals surface area contributed by atoms with Crippen LogP contribution in [0.3, 0.4) is 0 Å². The lowest BCUT2D eigenvalue weighted by molar-refractivity contribution is -0.0288. The van der Waals surface area contributed by atoms with E-state index in [0.29, 0.717) is 11.5 Å². The zero-order valence-electron chi connectivity index (χ0n) is 15.4. The van der Waals surface area contributed by atoms with Crippen molar-refractivity contribution in [1.82, 2.24) is 0 Å². The Hall–Kier alpha value is -3.08. The van der Waals surface area contributed by atoms with Gasteiger partial charge in [-0.05, 0) is 45.8 Å². The maximum atomic E-state index is 10.2. The Labute approximate surface area is 163 Å². The average Bonchev–Trinajstić information content (AvgIpc) is 2.75. The summed E-state index contributed by atoms with van der Waals surface area (Å²) in [4.78, 5) is 0. The summed E-state index contributed by atoms with van der Waals surface area (Å²) in [6.07, 6.45) is -2.10. The SMILES string of the molecule is O[C@@H](COc1ccc2ccccc2c1)[C@@H](O)COc1ccc2ccccc2c1. The van der Waals surface area contributed by atoms with E-state index in [1.54, 1.807) is 0 Å². The van der Waals surface area contributed by atoms with E-state index in [1.165, 1.54) is 0 Å². The lowest BCUT2D eigenvalue weighted by Gasteiger charge is -2.19. The molecule has 0 aromatic heterocycles. The highest BCUT2D eigenvalue weighted by atomic mass is 16.5. The van der Waals surface area contributed by atoms with Gasteiger partial charge in [-0.2, -0.15) is 0 Å². The van der Waals surface area contributed by atoms with Gasteiger partial charge in [-0.15, -0.1) is 0 Å². The molecule has 4 aromatic carbocycles. The molecule has 0 fully saturated rings. The van der Waals surface area contributed by atoms with Gasteiger partial charge in [0, 0.05) is 0 Å². The molecule has 0 spiro atoms. The third kappa shape index (κ3) is 4.25. The lowest BCUT2D eigenvalue weighted by Crippen LogP contribution is -2.36. The largest absolute Gasteiger partial charge is 0.491 e. The van der Waals surface area contributed by atoms with Crippen LogP contribution in [-0.2, 0) is 0 Å². The van der Waals surface area contributed by atoms with Gasteiger partial charge in [-0.3, -0.25) is 0 Å². The highest BCUT2D eigenvalue weighted by Crippen LogP contribution is 2.22. The predicted octanol–water partition coefficient (Wildman–Crippen LogP) is 4.17. The fraction of sp³-hybridized carbons (Fsp3) is 0.167. The van der Waals surface area contributed by atoms with Crippen LogP contribution >= 0.6 is 0 Å². The molecule has 0 heterocycles. The van der Waals surface area contributed by atoms with Crippen LogP contribution in [0.1, 0.15) is 0 Å². The van der Waals surface area contributed by atoms with Crippen molar-refractivity contribution in [2.24, 2.45) is 0 Å². The Kier molecular flexibility index (Phi) is 5.42. The van der Waals surface area contributed by atoms with Gasteiger partial charge in [0.2, 0.25) is 0 Å². The van der Waals surface area contributed by atoms with Gasteiger partial charge in [-0.25, -0.2) is 0 Å². The first-order valence-corrected chi connectivity index (χ1v) is 9.28. The van der Waals surface area contributed by atoms with Crippen molar-refractivity contribution in [3.8, 4) is 11.5 Å². The highest BCUT2D eigenvalue weighted by molar-refractivity contribution is 5.84. The van der Waals surface area contributed by atoms with Crippen LogP contribution in [0.15, 0.2) is 84.9 Å². The summed E-state index contributed by atoms with van der Waals surface area (Å²) in [5, 5.41) is 24.8. The van der Waals surface area contributed by atoms with Crippen molar-refractivity contribution in [3.63, 3.8) is 0 Å². The molecule has 0 saturated carbocycles. The zero-order chi connectivity index (χ0) is 19.3. The van der Waals surface area contributed by atoms with E-state index >= 15 is 0 Å². The number of ether oxygens (including phenoxy) is 2. The summed E-state index contributed by atoms with van der Waals surface area (Å²) in [6, 6.07) is 27.5. The van der Waals surface area contributed by atoms with E-state index in [4.69, 9.17) is 9.47 Å². The average molecular weight is 374 g/mol. The number of benzene rings is 4. The molecule has 28 heavy (non-hydrogen) atoms. The van der Waals surface area contributed by atoms with Crippen LogP contribution in [-0.4, -0.2) is 35.6 Å². The molecular weight excluding hydrogens is 352 g/mol. The van der Waals surface area contributed by atoms with E-state index in [0.717, 1.165) is 21.5 Å². The smallest absolute Gasteiger partial charge is 0.120 e. The molecule has 0 aliphatic rings. The van der Waals surface area contributed by atoms with Crippen LogP contribution < -0.4 is 9.47 Å². The number of aliphatic hydroxyl groups is 2. The minimum absolute atomic E-state index is 0.0133. The first-order valence-electron chi connectivity index (χ1n) is 9.28. The maximum Gasteiger partial charge on any atom is 0.120 e. The van der Waals surface area contributed by atoms with Crippen molar-refractivity contribution in [2.45, 2.75) is 12.2 Å². The molecule has 4 aromatic rings. The van der Waals surface area contributed by atoms with Crippen molar-refractivity contribution in [3.05, 3.63) is 84.9 Å². The van der Waals surface area contributed by atoms with E-state index < -0.39 is 12.2 Å². The molecule has 0 bridgehead atoms. The van der Waals surface area contributed by atoms with E-state index in [2.05, 4.69) is 0 Å². The number of aliphatic hydroxyl groups excluding tert-OH is 2. The second-order valence-corrected chi connectivity index (χ2v) is 6.77.